The van der Waals surface area contributed by atoms with E-state index in [1.807, 2.05) is 36.4 Å². The van der Waals surface area contributed by atoms with E-state index in [1.165, 1.54) is 0 Å². The first-order valence-electron chi connectivity index (χ1n) is 6.16. The molecule has 1 aliphatic carbocycles. The van der Waals surface area contributed by atoms with Crippen LogP contribution in [0.3, 0.4) is 0 Å². The van der Waals surface area contributed by atoms with Crippen LogP contribution >= 0.6 is 31.9 Å². The highest BCUT2D eigenvalue weighted by Crippen LogP contribution is 2.60. The molecule has 1 saturated carbocycles. The van der Waals surface area contributed by atoms with Crippen LogP contribution in [0.15, 0.2) is 39.8 Å². The van der Waals surface area contributed by atoms with Gasteiger partial charge in [0.05, 0.1) is 9.31 Å². The quantitative estimate of drug-likeness (QED) is 0.703. The summed E-state index contributed by atoms with van der Waals surface area (Å²) in [6.07, 6.45) is 2.02. The van der Waals surface area contributed by atoms with Crippen molar-refractivity contribution in [3.05, 3.63) is 45.4 Å². The minimum Gasteiger partial charge on any atom is -0.461 e. The van der Waals surface area contributed by atoms with Gasteiger partial charge in [-0.15, -0.1) is 0 Å². The van der Waals surface area contributed by atoms with Crippen molar-refractivity contribution >= 4 is 37.8 Å². The van der Waals surface area contributed by atoms with Crippen molar-refractivity contribution in [2.24, 2.45) is 17.3 Å². The van der Waals surface area contributed by atoms with Crippen molar-refractivity contribution < 1.29 is 9.53 Å². The predicted molar refractivity (Wildman–Crippen MR) is 82.9 cm³/mol. The third-order valence-corrected chi connectivity index (χ3v) is 4.22. The molecule has 0 saturated heterocycles. The largest absolute Gasteiger partial charge is 0.461 e. The lowest BCUT2D eigenvalue weighted by atomic mass is 10.1. The van der Waals surface area contributed by atoms with E-state index in [2.05, 4.69) is 45.7 Å². The molecule has 2 unspecified atom stereocenters. The fourth-order valence-corrected chi connectivity index (χ4v) is 2.96. The first kappa shape index (κ1) is 14.8. The monoisotopic (exact) mass is 386 g/mol. The number of hydrogen-bond donors (Lipinski definition) is 0. The van der Waals surface area contributed by atoms with Crippen molar-refractivity contribution in [2.75, 3.05) is 0 Å². The minimum atomic E-state index is -0.114. The number of halogens is 2. The lowest BCUT2D eigenvalue weighted by molar-refractivity contribution is -0.147. The van der Waals surface area contributed by atoms with E-state index < -0.39 is 0 Å². The van der Waals surface area contributed by atoms with Gasteiger partial charge in [-0.2, -0.15) is 0 Å². The molecule has 19 heavy (non-hydrogen) atoms. The van der Waals surface area contributed by atoms with Crippen LogP contribution in [-0.4, -0.2) is 5.97 Å². The van der Waals surface area contributed by atoms with Gasteiger partial charge in [-0.05, 0) is 48.8 Å². The van der Waals surface area contributed by atoms with Crippen molar-refractivity contribution in [2.45, 2.75) is 20.5 Å². The van der Waals surface area contributed by atoms with Crippen molar-refractivity contribution in [3.8, 4) is 0 Å². The molecular formula is C15H16Br2O2. The summed E-state index contributed by atoms with van der Waals surface area (Å²) >= 11 is 6.69. The van der Waals surface area contributed by atoms with Gasteiger partial charge in [-0.1, -0.05) is 50.3 Å². The summed E-state index contributed by atoms with van der Waals surface area (Å²) in [5.74, 6) is 0.0576. The lowest BCUT2D eigenvalue weighted by Gasteiger charge is -2.05. The van der Waals surface area contributed by atoms with Gasteiger partial charge in [0, 0.05) is 0 Å². The van der Waals surface area contributed by atoms with E-state index >= 15 is 0 Å². The van der Waals surface area contributed by atoms with Crippen molar-refractivity contribution in [3.63, 3.8) is 0 Å². The van der Waals surface area contributed by atoms with Crippen molar-refractivity contribution in [1.82, 2.24) is 0 Å². The van der Waals surface area contributed by atoms with Crippen LogP contribution < -0.4 is 0 Å². The molecule has 2 nitrogen and oxygen atoms in total. The molecular weight excluding hydrogens is 372 g/mol. The maximum absolute atomic E-state index is 12.1. The SMILES string of the molecule is CC1(C)C(C=C(Br)Br)C1C(=O)OCc1ccccc1. The average molecular weight is 388 g/mol. The van der Waals surface area contributed by atoms with Crippen LogP contribution in [0.1, 0.15) is 19.4 Å². The number of hydrogen-bond acceptors (Lipinski definition) is 2. The summed E-state index contributed by atoms with van der Waals surface area (Å²) in [5.41, 5.74) is 0.990. The molecule has 2 rings (SSSR count). The summed E-state index contributed by atoms with van der Waals surface area (Å²) < 4.78 is 6.29. The van der Waals surface area contributed by atoms with Crippen LogP contribution in [0.25, 0.3) is 0 Å². The van der Waals surface area contributed by atoms with Crippen molar-refractivity contribution in [1.29, 1.82) is 0 Å². The molecule has 1 fully saturated rings. The Hall–Kier alpha value is -0.610. The molecule has 0 aliphatic heterocycles. The van der Waals surface area contributed by atoms with Crippen LogP contribution in [-0.2, 0) is 16.1 Å². The second kappa shape index (κ2) is 5.80. The number of ether oxygens (including phenoxy) is 1. The smallest absolute Gasteiger partial charge is 0.310 e. The molecule has 0 aromatic heterocycles. The van der Waals surface area contributed by atoms with Crippen LogP contribution in [0.2, 0.25) is 0 Å². The van der Waals surface area contributed by atoms with Gasteiger partial charge < -0.3 is 4.74 Å². The molecule has 1 aromatic rings. The van der Waals surface area contributed by atoms with Crippen LogP contribution in [0.5, 0.6) is 0 Å². The Morgan fingerprint density at radius 2 is 1.95 bits per heavy atom. The summed E-state index contributed by atoms with van der Waals surface area (Å²) in [5, 5.41) is 0. The number of rotatable bonds is 4. The third kappa shape index (κ3) is 3.48. The second-order valence-corrected chi connectivity index (χ2v) is 8.15. The maximum atomic E-state index is 12.1. The predicted octanol–water partition coefficient (Wildman–Crippen LogP) is 4.63. The van der Waals surface area contributed by atoms with Gasteiger partial charge in [0.15, 0.2) is 0 Å². The summed E-state index contributed by atoms with van der Waals surface area (Å²) in [6.45, 7) is 4.52. The molecule has 2 atom stereocenters. The Morgan fingerprint density at radius 3 is 2.53 bits per heavy atom. The molecule has 0 radical (unpaired) electrons. The molecule has 1 aliphatic rings. The maximum Gasteiger partial charge on any atom is 0.310 e. The topological polar surface area (TPSA) is 26.3 Å². The first-order valence-corrected chi connectivity index (χ1v) is 7.75. The zero-order valence-corrected chi connectivity index (χ0v) is 14.1. The van der Waals surface area contributed by atoms with E-state index in [0.29, 0.717) is 6.61 Å². The highest BCUT2D eigenvalue weighted by molar-refractivity contribution is 9.28. The highest BCUT2D eigenvalue weighted by Gasteiger charge is 2.61. The van der Waals surface area contributed by atoms with Gasteiger partial charge in [-0.3, -0.25) is 4.79 Å². The van der Waals surface area contributed by atoms with Gasteiger partial charge in [0.1, 0.15) is 6.61 Å². The molecule has 0 N–H and O–H groups in total. The number of allylic oxidation sites excluding steroid dienone is 1. The third-order valence-electron chi connectivity index (χ3n) is 3.69. The molecule has 0 spiro atoms. The number of benzene rings is 1. The standard InChI is InChI=1S/C15H16Br2O2/c1-15(2)11(8-12(16)17)13(15)14(18)19-9-10-6-4-3-5-7-10/h3-8,11,13H,9H2,1-2H3. The summed E-state index contributed by atoms with van der Waals surface area (Å²) in [6, 6.07) is 9.74. The minimum absolute atomic E-state index is 0.0272. The highest BCUT2D eigenvalue weighted by atomic mass is 79.9. The lowest BCUT2D eigenvalue weighted by Crippen LogP contribution is -2.10. The van der Waals surface area contributed by atoms with E-state index in [0.717, 1.165) is 8.96 Å². The fourth-order valence-electron chi connectivity index (χ4n) is 2.39. The second-order valence-electron chi connectivity index (χ2n) is 5.37. The Bertz CT molecular complexity index is 490. The van der Waals surface area contributed by atoms with Gasteiger partial charge in [-0.25, -0.2) is 0 Å². The Balaban J connectivity index is 1.93. The zero-order chi connectivity index (χ0) is 14.0. The van der Waals surface area contributed by atoms with Crippen LogP contribution in [0, 0.1) is 17.3 Å². The van der Waals surface area contributed by atoms with E-state index in [-0.39, 0.29) is 23.2 Å². The molecule has 1 aromatic carbocycles. The molecule has 102 valence electrons. The molecule has 0 bridgehead atoms. The van der Waals surface area contributed by atoms with E-state index in [4.69, 9.17) is 4.74 Å². The van der Waals surface area contributed by atoms with Gasteiger partial charge >= 0.3 is 5.97 Å². The van der Waals surface area contributed by atoms with E-state index in [9.17, 15) is 4.79 Å². The number of carbonyl (C=O) groups excluding carboxylic acids is 1. The van der Waals surface area contributed by atoms with Crippen LogP contribution in [0.4, 0.5) is 0 Å². The van der Waals surface area contributed by atoms with E-state index in [1.54, 1.807) is 0 Å². The summed E-state index contributed by atoms with van der Waals surface area (Å²) in [4.78, 5) is 12.1. The molecule has 0 amide bonds. The number of esters is 1. The Kier molecular flexibility index (Phi) is 4.51. The number of carbonyl (C=O) groups is 1. The Morgan fingerprint density at radius 1 is 1.32 bits per heavy atom. The normalized spacial score (nSPS) is 23.6. The average Bonchev–Trinajstić information content (AvgIpc) is 2.88. The molecule has 0 heterocycles. The first-order chi connectivity index (χ1) is 8.93. The Labute approximate surface area is 130 Å². The van der Waals surface area contributed by atoms with Gasteiger partial charge in [0.2, 0.25) is 0 Å². The molecule has 4 heteroatoms. The van der Waals surface area contributed by atoms with Gasteiger partial charge in [0.25, 0.3) is 0 Å². The summed E-state index contributed by atoms with van der Waals surface area (Å²) in [7, 11) is 0. The fraction of sp³-hybridized carbons (Fsp3) is 0.400. The zero-order valence-electron chi connectivity index (χ0n) is 10.9.